The number of rotatable bonds is 3. The van der Waals surface area contributed by atoms with Crippen LogP contribution in [0.4, 0.5) is 0 Å². The predicted molar refractivity (Wildman–Crippen MR) is 71.6 cm³/mol. The fourth-order valence-corrected chi connectivity index (χ4v) is 2.03. The summed E-state index contributed by atoms with van der Waals surface area (Å²) < 4.78 is 0. The van der Waals surface area contributed by atoms with Crippen LogP contribution in [0.1, 0.15) is 33.2 Å². The van der Waals surface area contributed by atoms with E-state index in [0.717, 1.165) is 11.1 Å². The molecule has 92 valence electrons. The van der Waals surface area contributed by atoms with Gasteiger partial charge in [-0.25, -0.2) is 0 Å². The summed E-state index contributed by atoms with van der Waals surface area (Å²) in [6.07, 6.45) is -1.09. The summed E-state index contributed by atoms with van der Waals surface area (Å²) in [7, 11) is 0. The highest BCUT2D eigenvalue weighted by Gasteiger charge is 2.21. The van der Waals surface area contributed by atoms with Gasteiger partial charge in [-0.2, -0.15) is 0 Å². The van der Waals surface area contributed by atoms with E-state index < -0.39 is 6.10 Å². The van der Waals surface area contributed by atoms with Crippen molar-refractivity contribution in [1.29, 1.82) is 0 Å². The van der Waals surface area contributed by atoms with Crippen LogP contribution in [0.2, 0.25) is 0 Å². The summed E-state index contributed by atoms with van der Waals surface area (Å²) in [4.78, 5) is 12.3. The molecule has 0 aliphatic rings. The van der Waals surface area contributed by atoms with E-state index in [2.05, 4.69) is 0 Å². The zero-order valence-electron chi connectivity index (χ0n) is 10.6. The van der Waals surface area contributed by atoms with Crippen LogP contribution >= 0.6 is 0 Å². The van der Waals surface area contributed by atoms with E-state index in [1.165, 1.54) is 0 Å². The standard InChI is InChI=1S/C16H16O2/c1-11-7-3-5-9-13(11)15(17)16(18)14-10-6-4-8-12(14)2/h3-10,15,17H,1-2H3/t15-/m1/s1. The van der Waals surface area contributed by atoms with Crippen molar-refractivity contribution in [1.82, 2.24) is 0 Å². The zero-order valence-corrected chi connectivity index (χ0v) is 10.6. The Hall–Kier alpha value is -1.93. The molecule has 0 saturated heterocycles. The van der Waals surface area contributed by atoms with Crippen molar-refractivity contribution >= 4 is 5.78 Å². The first-order valence-electron chi connectivity index (χ1n) is 5.94. The summed E-state index contributed by atoms with van der Waals surface area (Å²) in [5.74, 6) is -0.248. The Balaban J connectivity index is 2.36. The summed E-state index contributed by atoms with van der Waals surface area (Å²) in [5, 5.41) is 10.2. The molecule has 0 amide bonds. The normalized spacial score (nSPS) is 12.2. The lowest BCUT2D eigenvalue weighted by molar-refractivity contribution is 0.0745. The summed E-state index contributed by atoms with van der Waals surface area (Å²) in [6, 6.07) is 14.7. The Labute approximate surface area is 107 Å². The number of carbonyl (C=O) groups excluding carboxylic acids is 1. The van der Waals surface area contributed by atoms with Crippen molar-refractivity contribution in [3.63, 3.8) is 0 Å². The molecule has 18 heavy (non-hydrogen) atoms. The van der Waals surface area contributed by atoms with Gasteiger partial charge in [0.15, 0.2) is 5.78 Å². The van der Waals surface area contributed by atoms with E-state index in [1.807, 2.05) is 50.2 Å². The molecule has 0 aliphatic heterocycles. The maximum Gasteiger partial charge on any atom is 0.196 e. The van der Waals surface area contributed by atoms with Crippen LogP contribution in [0.3, 0.4) is 0 Å². The smallest absolute Gasteiger partial charge is 0.196 e. The van der Waals surface area contributed by atoms with Crippen molar-refractivity contribution in [2.24, 2.45) is 0 Å². The van der Waals surface area contributed by atoms with Gasteiger partial charge in [0, 0.05) is 5.56 Å². The average Bonchev–Trinajstić information content (AvgIpc) is 2.38. The van der Waals surface area contributed by atoms with Crippen LogP contribution in [0.25, 0.3) is 0 Å². The van der Waals surface area contributed by atoms with Gasteiger partial charge < -0.3 is 5.11 Å². The molecule has 2 rings (SSSR count). The van der Waals surface area contributed by atoms with E-state index in [1.54, 1.807) is 12.1 Å². The van der Waals surface area contributed by atoms with Gasteiger partial charge in [0.25, 0.3) is 0 Å². The van der Waals surface area contributed by atoms with E-state index in [9.17, 15) is 9.90 Å². The Morgan fingerprint density at radius 3 is 2.11 bits per heavy atom. The van der Waals surface area contributed by atoms with Gasteiger partial charge >= 0.3 is 0 Å². The first kappa shape index (κ1) is 12.5. The minimum atomic E-state index is -1.09. The Kier molecular flexibility index (Phi) is 3.58. The van der Waals surface area contributed by atoms with E-state index in [-0.39, 0.29) is 5.78 Å². The van der Waals surface area contributed by atoms with E-state index >= 15 is 0 Å². The summed E-state index contributed by atoms with van der Waals surface area (Å²) >= 11 is 0. The topological polar surface area (TPSA) is 37.3 Å². The number of benzene rings is 2. The van der Waals surface area contributed by atoms with Gasteiger partial charge in [-0.15, -0.1) is 0 Å². The van der Waals surface area contributed by atoms with Gasteiger partial charge in [0.05, 0.1) is 0 Å². The maximum absolute atomic E-state index is 12.3. The number of hydrogen-bond acceptors (Lipinski definition) is 2. The molecular weight excluding hydrogens is 224 g/mol. The van der Waals surface area contributed by atoms with Crippen LogP contribution in [0.15, 0.2) is 48.5 Å². The summed E-state index contributed by atoms with van der Waals surface area (Å²) in [5.41, 5.74) is 3.06. The molecule has 1 atom stereocenters. The lowest BCUT2D eigenvalue weighted by atomic mass is 9.94. The van der Waals surface area contributed by atoms with Crippen molar-refractivity contribution in [3.8, 4) is 0 Å². The number of Topliss-reactive ketones (excluding diaryl/α,β-unsaturated/α-hetero) is 1. The molecule has 2 heteroatoms. The first-order chi connectivity index (χ1) is 8.61. The third-order valence-electron chi connectivity index (χ3n) is 3.14. The molecule has 0 bridgehead atoms. The molecule has 0 unspecified atom stereocenters. The molecule has 0 radical (unpaired) electrons. The number of hydrogen-bond donors (Lipinski definition) is 1. The van der Waals surface area contributed by atoms with Gasteiger partial charge in [-0.05, 0) is 30.5 Å². The SMILES string of the molecule is Cc1ccccc1C(=O)[C@H](O)c1ccccc1C. The Morgan fingerprint density at radius 1 is 0.944 bits per heavy atom. The van der Waals surface area contributed by atoms with Crippen LogP contribution in [-0.4, -0.2) is 10.9 Å². The average molecular weight is 240 g/mol. The molecule has 2 aromatic carbocycles. The molecule has 0 saturated carbocycles. The van der Waals surface area contributed by atoms with Gasteiger partial charge in [0.1, 0.15) is 6.10 Å². The largest absolute Gasteiger partial charge is 0.380 e. The van der Waals surface area contributed by atoms with E-state index in [0.29, 0.717) is 11.1 Å². The highest BCUT2D eigenvalue weighted by Crippen LogP contribution is 2.22. The quantitative estimate of drug-likeness (QED) is 0.836. The molecule has 0 fully saturated rings. The molecule has 0 aliphatic carbocycles. The molecule has 2 aromatic rings. The second kappa shape index (κ2) is 5.15. The lowest BCUT2D eigenvalue weighted by Crippen LogP contribution is -2.14. The van der Waals surface area contributed by atoms with E-state index in [4.69, 9.17) is 0 Å². The van der Waals surface area contributed by atoms with Gasteiger partial charge in [-0.1, -0.05) is 48.5 Å². The molecule has 0 heterocycles. The minimum absolute atomic E-state index is 0.248. The van der Waals surface area contributed by atoms with Crippen molar-refractivity contribution < 1.29 is 9.90 Å². The predicted octanol–water partition coefficient (Wildman–Crippen LogP) is 3.22. The third-order valence-corrected chi connectivity index (χ3v) is 3.14. The fourth-order valence-electron chi connectivity index (χ4n) is 2.03. The van der Waals surface area contributed by atoms with Gasteiger partial charge in [0.2, 0.25) is 0 Å². The number of ketones is 1. The van der Waals surface area contributed by atoms with Crippen LogP contribution in [0, 0.1) is 13.8 Å². The monoisotopic (exact) mass is 240 g/mol. The first-order valence-corrected chi connectivity index (χ1v) is 5.94. The molecule has 1 N–H and O–H groups in total. The molecular formula is C16H16O2. The second-order valence-electron chi connectivity index (χ2n) is 4.44. The fraction of sp³-hybridized carbons (Fsp3) is 0.188. The molecule has 0 spiro atoms. The van der Waals surface area contributed by atoms with Crippen LogP contribution in [-0.2, 0) is 0 Å². The second-order valence-corrected chi connectivity index (χ2v) is 4.44. The Bertz CT molecular complexity index is 573. The van der Waals surface area contributed by atoms with Crippen molar-refractivity contribution in [3.05, 3.63) is 70.8 Å². The maximum atomic E-state index is 12.3. The number of aliphatic hydroxyl groups is 1. The Morgan fingerprint density at radius 2 is 1.50 bits per heavy atom. The molecule has 2 nitrogen and oxygen atoms in total. The van der Waals surface area contributed by atoms with Crippen LogP contribution in [0.5, 0.6) is 0 Å². The summed E-state index contributed by atoms with van der Waals surface area (Å²) in [6.45, 7) is 3.77. The minimum Gasteiger partial charge on any atom is -0.380 e. The number of carbonyl (C=O) groups is 1. The number of aryl methyl sites for hydroxylation is 2. The lowest BCUT2D eigenvalue weighted by Gasteiger charge is -2.13. The van der Waals surface area contributed by atoms with Gasteiger partial charge in [-0.3, -0.25) is 4.79 Å². The van der Waals surface area contributed by atoms with Crippen molar-refractivity contribution in [2.75, 3.05) is 0 Å². The van der Waals surface area contributed by atoms with Crippen LogP contribution < -0.4 is 0 Å². The number of aliphatic hydroxyl groups excluding tert-OH is 1. The van der Waals surface area contributed by atoms with Crippen molar-refractivity contribution in [2.45, 2.75) is 20.0 Å². The molecule has 0 aromatic heterocycles. The third kappa shape index (κ3) is 2.34. The zero-order chi connectivity index (χ0) is 13.1. The highest BCUT2D eigenvalue weighted by molar-refractivity contribution is 6.01. The highest BCUT2D eigenvalue weighted by atomic mass is 16.3.